The molecule has 0 bridgehead atoms. The SMILES string of the molecule is CN(Cc1ccccc1Br)C(CN)c1cccc(F)c1. The zero-order valence-corrected chi connectivity index (χ0v) is 13.0. The van der Waals surface area contributed by atoms with Crippen molar-refractivity contribution in [1.82, 2.24) is 4.90 Å². The van der Waals surface area contributed by atoms with Gasteiger partial charge in [0.25, 0.3) is 0 Å². The second-order valence-corrected chi connectivity index (χ2v) is 5.67. The average Bonchev–Trinajstić information content (AvgIpc) is 2.42. The molecule has 2 aromatic rings. The van der Waals surface area contributed by atoms with Crippen molar-refractivity contribution >= 4 is 15.9 Å². The van der Waals surface area contributed by atoms with Crippen molar-refractivity contribution in [1.29, 1.82) is 0 Å². The van der Waals surface area contributed by atoms with Gasteiger partial charge in [0.05, 0.1) is 0 Å². The number of hydrogen-bond acceptors (Lipinski definition) is 2. The minimum atomic E-state index is -0.227. The van der Waals surface area contributed by atoms with Crippen LogP contribution in [0.4, 0.5) is 4.39 Å². The van der Waals surface area contributed by atoms with E-state index in [4.69, 9.17) is 5.73 Å². The Hall–Kier alpha value is -1.23. The normalized spacial score (nSPS) is 12.7. The molecule has 2 N–H and O–H groups in total. The van der Waals surface area contributed by atoms with Gasteiger partial charge in [-0.3, -0.25) is 4.90 Å². The van der Waals surface area contributed by atoms with Gasteiger partial charge >= 0.3 is 0 Å². The van der Waals surface area contributed by atoms with Gasteiger partial charge in [0.15, 0.2) is 0 Å². The van der Waals surface area contributed by atoms with Gasteiger partial charge in [0.1, 0.15) is 5.82 Å². The number of nitrogens with two attached hydrogens (primary N) is 1. The Morgan fingerprint density at radius 3 is 2.60 bits per heavy atom. The maximum Gasteiger partial charge on any atom is 0.123 e. The average molecular weight is 337 g/mol. The highest BCUT2D eigenvalue weighted by Gasteiger charge is 2.16. The predicted octanol–water partition coefficient (Wildman–Crippen LogP) is 3.72. The van der Waals surface area contributed by atoms with Crippen molar-refractivity contribution in [2.45, 2.75) is 12.6 Å². The van der Waals surface area contributed by atoms with Gasteiger partial charge in [0.2, 0.25) is 0 Å². The Balaban J connectivity index is 2.17. The van der Waals surface area contributed by atoms with Crippen LogP contribution in [0.2, 0.25) is 0 Å². The molecule has 0 radical (unpaired) electrons. The highest BCUT2D eigenvalue weighted by Crippen LogP contribution is 2.24. The van der Waals surface area contributed by atoms with Crippen LogP contribution in [-0.2, 0) is 6.54 Å². The summed E-state index contributed by atoms with van der Waals surface area (Å²) in [4.78, 5) is 2.13. The third-order valence-corrected chi connectivity index (χ3v) is 4.14. The molecule has 0 heterocycles. The van der Waals surface area contributed by atoms with Crippen LogP contribution in [0.3, 0.4) is 0 Å². The van der Waals surface area contributed by atoms with Crippen LogP contribution in [0.25, 0.3) is 0 Å². The van der Waals surface area contributed by atoms with E-state index in [9.17, 15) is 4.39 Å². The molecule has 0 aliphatic carbocycles. The second kappa shape index (κ2) is 6.97. The van der Waals surface area contributed by atoms with E-state index in [1.165, 1.54) is 11.6 Å². The number of nitrogens with zero attached hydrogens (tertiary/aromatic N) is 1. The highest BCUT2D eigenvalue weighted by molar-refractivity contribution is 9.10. The van der Waals surface area contributed by atoms with E-state index < -0.39 is 0 Å². The van der Waals surface area contributed by atoms with Crippen LogP contribution in [0, 0.1) is 5.82 Å². The number of benzene rings is 2. The molecule has 1 atom stereocenters. The van der Waals surface area contributed by atoms with Gasteiger partial charge in [0, 0.05) is 23.6 Å². The number of hydrogen-bond donors (Lipinski definition) is 1. The van der Waals surface area contributed by atoms with E-state index in [1.54, 1.807) is 12.1 Å². The van der Waals surface area contributed by atoms with Gasteiger partial charge in [-0.25, -0.2) is 4.39 Å². The summed E-state index contributed by atoms with van der Waals surface area (Å²) >= 11 is 3.55. The molecule has 1 unspecified atom stereocenters. The quantitative estimate of drug-likeness (QED) is 0.901. The van der Waals surface area contributed by atoms with Gasteiger partial charge in [-0.2, -0.15) is 0 Å². The summed E-state index contributed by atoms with van der Waals surface area (Å²) in [5, 5.41) is 0. The molecule has 20 heavy (non-hydrogen) atoms. The Labute approximate surface area is 127 Å². The molecule has 2 aromatic carbocycles. The topological polar surface area (TPSA) is 29.3 Å². The maximum absolute atomic E-state index is 13.4. The predicted molar refractivity (Wildman–Crippen MR) is 83.8 cm³/mol. The van der Waals surface area contributed by atoms with Crippen molar-refractivity contribution in [2.24, 2.45) is 5.73 Å². The van der Waals surface area contributed by atoms with Crippen molar-refractivity contribution in [2.75, 3.05) is 13.6 Å². The van der Waals surface area contributed by atoms with Crippen LogP contribution >= 0.6 is 15.9 Å². The molecule has 2 nitrogen and oxygen atoms in total. The molecule has 0 aliphatic rings. The van der Waals surface area contributed by atoms with E-state index in [-0.39, 0.29) is 11.9 Å². The number of rotatable bonds is 5. The molecule has 0 amide bonds. The van der Waals surface area contributed by atoms with Crippen molar-refractivity contribution in [3.05, 3.63) is 69.9 Å². The van der Waals surface area contributed by atoms with Crippen molar-refractivity contribution in [3.8, 4) is 0 Å². The largest absolute Gasteiger partial charge is 0.329 e. The Kier molecular flexibility index (Phi) is 5.29. The fourth-order valence-electron chi connectivity index (χ4n) is 2.29. The molecule has 0 aromatic heterocycles. The second-order valence-electron chi connectivity index (χ2n) is 4.81. The lowest BCUT2D eigenvalue weighted by Crippen LogP contribution is -2.30. The minimum absolute atomic E-state index is 0.00203. The zero-order valence-electron chi connectivity index (χ0n) is 11.4. The Morgan fingerprint density at radius 2 is 1.95 bits per heavy atom. The monoisotopic (exact) mass is 336 g/mol. The smallest absolute Gasteiger partial charge is 0.123 e. The van der Waals surface area contributed by atoms with Crippen LogP contribution in [0.5, 0.6) is 0 Å². The first-order chi connectivity index (χ1) is 9.61. The van der Waals surface area contributed by atoms with E-state index >= 15 is 0 Å². The lowest BCUT2D eigenvalue weighted by atomic mass is 10.0. The molecule has 0 saturated carbocycles. The van der Waals surface area contributed by atoms with Crippen LogP contribution < -0.4 is 5.73 Å². The zero-order chi connectivity index (χ0) is 14.5. The molecular formula is C16H18BrFN2. The van der Waals surface area contributed by atoms with E-state index in [1.807, 2.05) is 31.3 Å². The lowest BCUT2D eigenvalue weighted by molar-refractivity contribution is 0.241. The van der Waals surface area contributed by atoms with Gasteiger partial charge in [-0.15, -0.1) is 0 Å². The third kappa shape index (κ3) is 3.66. The maximum atomic E-state index is 13.4. The summed E-state index contributed by atoms with van der Waals surface area (Å²) in [5.41, 5.74) is 7.96. The number of likely N-dealkylation sites (N-methyl/N-ethyl adjacent to an activating group) is 1. The summed E-state index contributed by atoms with van der Waals surface area (Å²) in [5.74, 6) is -0.227. The summed E-state index contributed by atoms with van der Waals surface area (Å²) in [7, 11) is 2.00. The van der Waals surface area contributed by atoms with E-state index in [2.05, 4.69) is 26.9 Å². The minimum Gasteiger partial charge on any atom is -0.329 e. The molecule has 106 valence electrons. The Bertz CT molecular complexity index is 574. The molecule has 2 rings (SSSR count). The molecule has 0 aliphatic heterocycles. The molecule has 0 saturated heterocycles. The van der Waals surface area contributed by atoms with Crippen LogP contribution in [0.15, 0.2) is 53.0 Å². The molecule has 0 spiro atoms. The highest BCUT2D eigenvalue weighted by atomic mass is 79.9. The number of halogens is 2. The van der Waals surface area contributed by atoms with Gasteiger partial charge in [-0.1, -0.05) is 46.3 Å². The third-order valence-electron chi connectivity index (χ3n) is 3.37. The first kappa shape index (κ1) is 15.2. The fraction of sp³-hybridized carbons (Fsp3) is 0.250. The van der Waals surface area contributed by atoms with E-state index in [0.29, 0.717) is 6.54 Å². The first-order valence-corrected chi connectivity index (χ1v) is 7.30. The molecule has 4 heteroatoms. The van der Waals surface area contributed by atoms with Gasteiger partial charge < -0.3 is 5.73 Å². The summed E-state index contributed by atoms with van der Waals surface area (Å²) in [6, 6.07) is 14.7. The van der Waals surface area contributed by atoms with Crippen molar-refractivity contribution < 1.29 is 4.39 Å². The van der Waals surface area contributed by atoms with Crippen LogP contribution in [-0.4, -0.2) is 18.5 Å². The Morgan fingerprint density at radius 1 is 1.20 bits per heavy atom. The first-order valence-electron chi connectivity index (χ1n) is 6.51. The molecule has 0 fully saturated rings. The standard InChI is InChI=1S/C16H18BrFN2/c1-20(11-13-5-2-3-8-15(13)17)16(10-19)12-6-4-7-14(18)9-12/h2-9,16H,10-11,19H2,1H3. The molecular weight excluding hydrogens is 319 g/mol. The van der Waals surface area contributed by atoms with E-state index in [0.717, 1.165) is 16.6 Å². The summed E-state index contributed by atoms with van der Waals surface area (Å²) < 4.78 is 14.4. The summed E-state index contributed by atoms with van der Waals surface area (Å²) in [6.45, 7) is 1.20. The lowest BCUT2D eigenvalue weighted by Gasteiger charge is -2.27. The fourth-order valence-corrected chi connectivity index (χ4v) is 2.70. The summed E-state index contributed by atoms with van der Waals surface area (Å²) in [6.07, 6.45) is 0. The van der Waals surface area contributed by atoms with Crippen molar-refractivity contribution in [3.63, 3.8) is 0 Å². The van der Waals surface area contributed by atoms with Crippen LogP contribution in [0.1, 0.15) is 17.2 Å². The van der Waals surface area contributed by atoms with Gasteiger partial charge in [-0.05, 0) is 36.4 Å².